The number of carboxylic acids is 1. The van der Waals surface area contributed by atoms with E-state index < -0.39 is 12.1 Å². The Morgan fingerprint density at radius 2 is 2.22 bits per heavy atom. The molecule has 1 atom stereocenters. The van der Waals surface area contributed by atoms with E-state index in [2.05, 4.69) is 5.16 Å². The molecule has 0 spiro atoms. The number of carbonyl (C=O) groups is 1. The molecule has 0 aliphatic carbocycles. The summed E-state index contributed by atoms with van der Waals surface area (Å²) in [5.41, 5.74) is 1.08. The Morgan fingerprint density at radius 1 is 1.43 bits per heavy atom. The van der Waals surface area contributed by atoms with Gasteiger partial charge in [-0.25, -0.2) is 0 Å². The smallest absolute Gasteiger partial charge is 0.189 e. The lowest BCUT2D eigenvalue weighted by atomic mass is 10.2. The summed E-state index contributed by atoms with van der Waals surface area (Å²) in [4.78, 5) is 13.1. The first-order valence-corrected chi connectivity index (χ1v) is 8.23. The molecule has 23 heavy (non-hydrogen) atoms. The highest BCUT2D eigenvalue weighted by atomic mass is 35.5. The van der Waals surface area contributed by atoms with Crippen LogP contribution in [0, 0.1) is 6.92 Å². The first kappa shape index (κ1) is 15.8. The fourth-order valence-corrected chi connectivity index (χ4v) is 3.34. The van der Waals surface area contributed by atoms with Gasteiger partial charge in [0, 0.05) is 4.88 Å². The number of halogens is 1. The average Bonchev–Trinajstić information content (AvgIpc) is 3.12. The largest absolute Gasteiger partial charge is 0.546 e. The van der Waals surface area contributed by atoms with Gasteiger partial charge < -0.3 is 19.2 Å². The van der Waals surface area contributed by atoms with Crippen LogP contribution in [-0.2, 0) is 4.79 Å². The minimum atomic E-state index is -1.28. The molecular weight excluding hydrogens is 338 g/mol. The van der Waals surface area contributed by atoms with Crippen molar-refractivity contribution in [3.05, 3.63) is 34.2 Å². The van der Waals surface area contributed by atoms with Gasteiger partial charge in [-0.3, -0.25) is 0 Å². The van der Waals surface area contributed by atoms with E-state index >= 15 is 0 Å². The molecule has 2 aromatic heterocycles. The van der Waals surface area contributed by atoms with Crippen LogP contribution in [0.1, 0.15) is 18.2 Å². The molecule has 0 N–H and O–H groups in total. The van der Waals surface area contributed by atoms with Crippen LogP contribution in [0.3, 0.4) is 0 Å². The Labute approximate surface area is 141 Å². The fourth-order valence-electron chi connectivity index (χ4n) is 2.24. The minimum Gasteiger partial charge on any atom is -0.546 e. The Bertz CT molecular complexity index is 870. The molecule has 0 radical (unpaired) electrons. The third-order valence-corrected chi connectivity index (χ3v) is 4.79. The molecule has 0 amide bonds. The SMILES string of the molecule is CCC(Oc1ccc2c(-c3ccc(C)s3)noc2c1Cl)C(=O)[O-]. The molecule has 3 rings (SSSR count). The van der Waals surface area contributed by atoms with Gasteiger partial charge in [-0.15, -0.1) is 11.3 Å². The number of thiophene rings is 1. The summed E-state index contributed by atoms with van der Waals surface area (Å²) in [5, 5.41) is 16.0. The number of carboxylic acid groups (broad SMARTS) is 1. The number of benzene rings is 1. The number of hydrogen-bond donors (Lipinski definition) is 0. The van der Waals surface area contributed by atoms with Gasteiger partial charge in [-0.05, 0) is 37.6 Å². The van der Waals surface area contributed by atoms with E-state index in [0.29, 0.717) is 11.3 Å². The summed E-state index contributed by atoms with van der Waals surface area (Å²) in [6.45, 7) is 3.71. The zero-order chi connectivity index (χ0) is 16.6. The van der Waals surface area contributed by atoms with Gasteiger partial charge in [0.2, 0.25) is 0 Å². The number of aryl methyl sites for hydroxylation is 1. The van der Waals surface area contributed by atoms with Crippen LogP contribution in [0.5, 0.6) is 5.75 Å². The van der Waals surface area contributed by atoms with Crippen LogP contribution in [-0.4, -0.2) is 17.2 Å². The van der Waals surface area contributed by atoms with Crippen molar-refractivity contribution in [3.63, 3.8) is 0 Å². The lowest BCUT2D eigenvalue weighted by Gasteiger charge is -2.18. The van der Waals surface area contributed by atoms with E-state index in [0.717, 1.165) is 10.3 Å². The molecule has 0 bridgehead atoms. The number of aromatic nitrogens is 1. The van der Waals surface area contributed by atoms with E-state index in [-0.39, 0.29) is 17.2 Å². The van der Waals surface area contributed by atoms with Gasteiger partial charge in [0.05, 0.1) is 16.2 Å². The summed E-state index contributed by atoms with van der Waals surface area (Å²) in [6.07, 6.45) is -0.792. The highest BCUT2D eigenvalue weighted by molar-refractivity contribution is 7.15. The number of nitrogens with zero attached hydrogens (tertiary/aromatic N) is 1. The van der Waals surface area contributed by atoms with Gasteiger partial charge in [0.25, 0.3) is 0 Å². The van der Waals surface area contributed by atoms with E-state index in [1.165, 1.54) is 4.88 Å². The zero-order valence-corrected chi connectivity index (χ0v) is 14.0. The first-order valence-electron chi connectivity index (χ1n) is 7.03. The second-order valence-electron chi connectivity index (χ2n) is 5.03. The van der Waals surface area contributed by atoms with Gasteiger partial charge >= 0.3 is 0 Å². The van der Waals surface area contributed by atoms with Crippen LogP contribution < -0.4 is 9.84 Å². The second kappa shape index (κ2) is 6.22. The highest BCUT2D eigenvalue weighted by Gasteiger charge is 2.19. The monoisotopic (exact) mass is 350 g/mol. The van der Waals surface area contributed by atoms with Crippen molar-refractivity contribution in [1.29, 1.82) is 0 Å². The van der Waals surface area contributed by atoms with Crippen LogP contribution in [0.15, 0.2) is 28.8 Å². The normalized spacial score (nSPS) is 12.5. The zero-order valence-electron chi connectivity index (χ0n) is 12.5. The lowest BCUT2D eigenvalue weighted by Crippen LogP contribution is -2.39. The van der Waals surface area contributed by atoms with E-state index in [9.17, 15) is 9.90 Å². The van der Waals surface area contributed by atoms with Crippen molar-refractivity contribution < 1.29 is 19.2 Å². The number of fused-ring (bicyclic) bond motifs is 1. The maximum absolute atomic E-state index is 11.0. The van der Waals surface area contributed by atoms with Crippen molar-refractivity contribution in [2.24, 2.45) is 0 Å². The van der Waals surface area contributed by atoms with Crippen LogP contribution in [0.4, 0.5) is 0 Å². The molecule has 120 valence electrons. The van der Waals surface area contributed by atoms with Crippen molar-refractivity contribution in [2.45, 2.75) is 26.4 Å². The minimum absolute atomic E-state index is 0.203. The Hall–Kier alpha value is -2.05. The second-order valence-corrected chi connectivity index (χ2v) is 6.70. The molecule has 0 saturated heterocycles. The van der Waals surface area contributed by atoms with E-state index in [1.807, 2.05) is 19.1 Å². The Kier molecular flexibility index (Phi) is 4.28. The van der Waals surface area contributed by atoms with Crippen LogP contribution in [0.2, 0.25) is 5.02 Å². The molecule has 0 aliphatic heterocycles. The van der Waals surface area contributed by atoms with E-state index in [1.54, 1.807) is 30.4 Å². The molecule has 3 aromatic rings. The molecule has 0 fully saturated rings. The topological polar surface area (TPSA) is 75.4 Å². The summed E-state index contributed by atoms with van der Waals surface area (Å²) in [7, 11) is 0. The Morgan fingerprint density at radius 3 is 2.83 bits per heavy atom. The molecule has 1 unspecified atom stereocenters. The summed E-state index contributed by atoms with van der Waals surface area (Å²) >= 11 is 7.89. The number of rotatable bonds is 5. The predicted molar refractivity (Wildman–Crippen MR) is 86.8 cm³/mol. The van der Waals surface area contributed by atoms with Gasteiger partial charge in [0.1, 0.15) is 22.6 Å². The van der Waals surface area contributed by atoms with Gasteiger partial charge in [0.15, 0.2) is 5.58 Å². The average molecular weight is 351 g/mol. The van der Waals surface area contributed by atoms with Crippen molar-refractivity contribution >= 4 is 39.9 Å². The number of hydrogen-bond acceptors (Lipinski definition) is 6. The summed E-state index contributed by atoms with van der Waals surface area (Å²) in [5.74, 6) is -1.05. The number of carbonyl (C=O) groups excluding carboxylic acids is 1. The summed E-state index contributed by atoms with van der Waals surface area (Å²) in [6, 6.07) is 7.36. The third kappa shape index (κ3) is 2.92. The molecule has 5 nitrogen and oxygen atoms in total. The van der Waals surface area contributed by atoms with Crippen LogP contribution >= 0.6 is 22.9 Å². The molecule has 1 aromatic carbocycles. The molecular formula is C16H13ClNO4S-. The van der Waals surface area contributed by atoms with Crippen LogP contribution in [0.25, 0.3) is 21.5 Å². The fraction of sp³-hybridized carbons (Fsp3) is 0.250. The molecule has 2 heterocycles. The van der Waals surface area contributed by atoms with Gasteiger partial charge in [-0.2, -0.15) is 0 Å². The maximum Gasteiger partial charge on any atom is 0.189 e. The predicted octanol–water partition coefficient (Wildman–Crippen LogP) is 3.43. The molecule has 0 saturated carbocycles. The lowest BCUT2D eigenvalue weighted by molar-refractivity contribution is -0.313. The van der Waals surface area contributed by atoms with E-state index in [4.69, 9.17) is 20.9 Å². The maximum atomic E-state index is 11.0. The van der Waals surface area contributed by atoms with Crippen molar-refractivity contribution in [1.82, 2.24) is 5.16 Å². The highest BCUT2D eigenvalue weighted by Crippen LogP contribution is 2.39. The molecule has 7 heteroatoms. The first-order chi connectivity index (χ1) is 11.0. The quantitative estimate of drug-likeness (QED) is 0.704. The number of aliphatic carboxylic acids is 1. The standard InChI is InChI=1S/C16H14ClNO4S/c1-3-10(16(19)20)21-11-6-5-9-14(12-7-4-8(2)23-12)18-22-15(9)13(11)17/h4-7,10H,3H2,1-2H3,(H,19,20)/p-1. The Balaban J connectivity index is 2.02. The third-order valence-electron chi connectivity index (χ3n) is 3.42. The number of ether oxygens (including phenoxy) is 1. The van der Waals surface area contributed by atoms with Crippen molar-refractivity contribution in [3.8, 4) is 16.3 Å². The van der Waals surface area contributed by atoms with Gasteiger partial charge in [-0.1, -0.05) is 23.7 Å². The molecule has 0 aliphatic rings. The summed E-state index contributed by atoms with van der Waals surface area (Å²) < 4.78 is 10.7. The van der Waals surface area contributed by atoms with Crippen molar-refractivity contribution in [2.75, 3.05) is 0 Å².